The zero-order valence-corrected chi connectivity index (χ0v) is 18.6. The van der Waals surface area contributed by atoms with Gasteiger partial charge in [0.1, 0.15) is 11.5 Å². The van der Waals surface area contributed by atoms with Crippen molar-refractivity contribution in [1.29, 1.82) is 0 Å². The number of carbonyl (C=O) groups is 2. The number of esters is 2. The van der Waals surface area contributed by atoms with Gasteiger partial charge in [-0.1, -0.05) is 13.2 Å². The predicted octanol–water partition coefficient (Wildman–Crippen LogP) is 5.33. The van der Waals surface area contributed by atoms with Crippen LogP contribution in [0, 0.1) is 0 Å². The highest BCUT2D eigenvalue weighted by atomic mass is 32.2. The fourth-order valence-electron chi connectivity index (χ4n) is 2.10. The van der Waals surface area contributed by atoms with Crippen molar-refractivity contribution in [1.82, 2.24) is 0 Å². The number of carbonyl (C=O) groups excluding carboxylic acids is 2. The first kappa shape index (κ1) is 24.4. The van der Waals surface area contributed by atoms with Gasteiger partial charge in [0.15, 0.2) is 0 Å². The van der Waals surface area contributed by atoms with Gasteiger partial charge < -0.3 is 18.9 Å². The topological polar surface area (TPSA) is 80.3 Å². The Morgan fingerprint density at radius 3 is 1.42 bits per heavy atom. The number of hydrogen-bond donors (Lipinski definition) is 0. The molecule has 31 heavy (non-hydrogen) atoms. The van der Waals surface area contributed by atoms with Crippen LogP contribution in [0.4, 0.5) is 0 Å². The van der Waals surface area contributed by atoms with Gasteiger partial charge in [-0.25, -0.2) is 13.2 Å². The third kappa shape index (κ3) is 9.20. The number of ether oxygens (including phenoxy) is 4. The Morgan fingerprint density at radius 2 is 1.10 bits per heavy atom. The molecule has 0 aliphatic carbocycles. The molecule has 2 aromatic rings. The third-order valence-corrected chi connectivity index (χ3v) is 4.88. The van der Waals surface area contributed by atoms with Gasteiger partial charge in [-0.15, -0.1) is 0 Å². The molecule has 9 heteroatoms. The Morgan fingerprint density at radius 1 is 0.742 bits per heavy atom. The lowest BCUT2D eigenvalue weighted by Gasteiger charge is -2.14. The summed E-state index contributed by atoms with van der Waals surface area (Å²) < 4.78 is 26.5. The van der Waals surface area contributed by atoms with E-state index in [1.165, 1.54) is 24.1 Å². The molecule has 2 atom stereocenters. The van der Waals surface area contributed by atoms with Crippen LogP contribution in [-0.2, 0) is 22.7 Å². The Kier molecular flexibility index (Phi) is 10.0. The van der Waals surface area contributed by atoms with Crippen molar-refractivity contribution < 1.29 is 32.2 Å². The molecule has 7 nitrogen and oxygen atoms in total. The van der Waals surface area contributed by atoms with Crippen molar-refractivity contribution in [2.24, 2.45) is 0 Å². The summed E-state index contributed by atoms with van der Waals surface area (Å²) in [6, 6.07) is 14.3. The van der Waals surface area contributed by atoms with Crippen LogP contribution in [-0.4, -0.2) is 24.5 Å². The molecule has 0 saturated carbocycles. The fourth-order valence-corrected chi connectivity index (χ4v) is 3.36. The van der Waals surface area contributed by atoms with Gasteiger partial charge in [0.05, 0.1) is 0 Å². The van der Waals surface area contributed by atoms with E-state index in [-0.39, 0.29) is 0 Å². The molecule has 0 amide bonds. The minimum absolute atomic E-state index is 0.546. The summed E-state index contributed by atoms with van der Waals surface area (Å²) >= 11 is 2.38. The Bertz CT molecular complexity index is 808. The summed E-state index contributed by atoms with van der Waals surface area (Å²) in [5.41, 5.74) is 0. The highest BCUT2D eigenvalue weighted by Crippen LogP contribution is 2.31. The summed E-state index contributed by atoms with van der Waals surface area (Å²) in [7, 11) is 0. The third-order valence-electron chi connectivity index (χ3n) is 3.41. The summed E-state index contributed by atoms with van der Waals surface area (Å²) in [5.74, 6) is 0.0283. The Hall–Kier alpha value is -2.88. The molecular weight excluding hydrogens is 440 g/mol. The fraction of sp³-hybridized carbons (Fsp3) is 0.182. The minimum atomic E-state index is -0.722. The van der Waals surface area contributed by atoms with Crippen LogP contribution in [0.1, 0.15) is 13.8 Å². The second-order valence-electron chi connectivity index (χ2n) is 5.83. The zero-order valence-electron chi connectivity index (χ0n) is 17.0. The van der Waals surface area contributed by atoms with Crippen molar-refractivity contribution in [3.8, 4) is 11.5 Å². The average Bonchev–Trinajstić information content (AvgIpc) is 2.75. The van der Waals surface area contributed by atoms with Crippen LogP contribution in [0.15, 0.2) is 83.6 Å². The van der Waals surface area contributed by atoms with Gasteiger partial charge in [0.2, 0.25) is 12.6 Å². The average molecular weight is 463 g/mol. The summed E-state index contributed by atoms with van der Waals surface area (Å²) in [6.07, 6.45) is 0.715. The van der Waals surface area contributed by atoms with E-state index in [0.717, 1.165) is 21.9 Å². The molecule has 164 valence electrons. The number of hydrogen-bond acceptors (Lipinski definition) is 9. The molecule has 0 aliphatic rings. The van der Waals surface area contributed by atoms with Crippen molar-refractivity contribution >= 4 is 36.0 Å². The smallest absolute Gasteiger partial charge is 0.333 e. The molecule has 0 aliphatic heterocycles. The summed E-state index contributed by atoms with van der Waals surface area (Å²) in [5, 5.41) is 0. The van der Waals surface area contributed by atoms with Crippen LogP contribution >= 0.6 is 24.1 Å². The second-order valence-corrected chi connectivity index (χ2v) is 7.65. The quantitative estimate of drug-likeness (QED) is 0.180. The molecule has 0 spiro atoms. The van der Waals surface area contributed by atoms with Crippen LogP contribution in [0.3, 0.4) is 0 Å². The van der Waals surface area contributed by atoms with Crippen LogP contribution in [0.2, 0.25) is 0 Å². The molecule has 2 aromatic carbocycles. The Balaban J connectivity index is 1.75. The van der Waals surface area contributed by atoms with Crippen molar-refractivity contribution in [3.63, 3.8) is 0 Å². The first-order valence-corrected chi connectivity index (χ1v) is 10.6. The van der Waals surface area contributed by atoms with E-state index in [2.05, 4.69) is 13.2 Å². The molecule has 0 radical (unpaired) electrons. The minimum Gasteiger partial charge on any atom is -0.455 e. The van der Waals surface area contributed by atoms with Gasteiger partial charge >= 0.3 is 11.9 Å². The summed E-state index contributed by atoms with van der Waals surface area (Å²) in [4.78, 5) is 24.0. The molecule has 0 aromatic heterocycles. The summed E-state index contributed by atoms with van der Waals surface area (Å²) in [6.45, 7) is 9.91. The van der Waals surface area contributed by atoms with Crippen LogP contribution < -0.4 is 9.47 Å². The van der Waals surface area contributed by atoms with Gasteiger partial charge in [-0.3, -0.25) is 0 Å². The lowest BCUT2D eigenvalue weighted by molar-refractivity contribution is -0.156. The second kappa shape index (κ2) is 12.7. The zero-order chi connectivity index (χ0) is 22.6. The molecule has 0 N–H and O–H groups in total. The van der Waals surface area contributed by atoms with E-state index in [9.17, 15) is 9.59 Å². The maximum Gasteiger partial charge on any atom is 0.333 e. The van der Waals surface area contributed by atoms with Crippen LogP contribution in [0.5, 0.6) is 11.5 Å². The van der Waals surface area contributed by atoms with E-state index < -0.39 is 24.5 Å². The lowest BCUT2D eigenvalue weighted by atomic mass is 10.3. The van der Waals surface area contributed by atoms with E-state index in [4.69, 9.17) is 22.6 Å². The maximum atomic E-state index is 11.1. The van der Waals surface area contributed by atoms with E-state index >= 15 is 0 Å². The predicted molar refractivity (Wildman–Crippen MR) is 118 cm³/mol. The van der Waals surface area contributed by atoms with Crippen molar-refractivity contribution in [2.75, 3.05) is 0 Å². The normalized spacial score (nSPS) is 12.2. The van der Waals surface area contributed by atoms with E-state index in [0.29, 0.717) is 11.5 Å². The first-order valence-electron chi connectivity index (χ1n) is 9.10. The largest absolute Gasteiger partial charge is 0.455 e. The highest BCUT2D eigenvalue weighted by Gasteiger charge is 2.09. The van der Waals surface area contributed by atoms with Gasteiger partial charge in [-0.2, -0.15) is 0 Å². The van der Waals surface area contributed by atoms with Gasteiger partial charge in [0.25, 0.3) is 0 Å². The molecule has 2 unspecified atom stereocenters. The number of benzene rings is 2. The van der Waals surface area contributed by atoms with Crippen molar-refractivity contribution in [3.05, 3.63) is 73.8 Å². The standard InChI is InChI=1S/C22H22O7S2/c1-5-21(23)27-15(3)25-17-7-11-19(12-8-17)30-29-31-20-13-9-18(10-14-20)26-16(4)28-22(24)6-2/h5-16H,1-2H2,3-4H3. The molecule has 0 heterocycles. The molecule has 0 saturated heterocycles. The molecule has 0 fully saturated rings. The van der Waals surface area contributed by atoms with Crippen LogP contribution in [0.25, 0.3) is 0 Å². The number of rotatable bonds is 12. The first-order chi connectivity index (χ1) is 14.9. The highest BCUT2D eigenvalue weighted by molar-refractivity contribution is 8.07. The Labute approximate surface area is 189 Å². The SMILES string of the molecule is C=CC(=O)OC(C)Oc1ccc(SOSc2ccc(OC(C)OC(=O)C=C)cc2)cc1. The van der Waals surface area contributed by atoms with E-state index in [1.54, 1.807) is 38.1 Å². The van der Waals surface area contributed by atoms with E-state index in [1.807, 2.05) is 24.3 Å². The van der Waals surface area contributed by atoms with Gasteiger partial charge in [-0.05, 0) is 48.5 Å². The molecular formula is C22H22O7S2. The monoisotopic (exact) mass is 462 g/mol. The molecule has 0 bridgehead atoms. The van der Waals surface area contributed by atoms with Gasteiger partial charge in [0, 0.05) is 59.9 Å². The molecule has 2 rings (SSSR count). The van der Waals surface area contributed by atoms with Crippen molar-refractivity contribution in [2.45, 2.75) is 36.2 Å². The lowest BCUT2D eigenvalue weighted by Crippen LogP contribution is -2.19. The maximum absolute atomic E-state index is 11.1.